The molecule has 5 nitrogen and oxygen atoms in total. The van der Waals surface area contributed by atoms with Crippen molar-refractivity contribution in [1.82, 2.24) is 10.6 Å². The van der Waals surface area contributed by atoms with Gasteiger partial charge in [0.25, 0.3) is 0 Å². The van der Waals surface area contributed by atoms with Crippen molar-refractivity contribution < 1.29 is 4.79 Å². The van der Waals surface area contributed by atoms with E-state index in [0.717, 1.165) is 24.7 Å². The molecule has 1 atom stereocenters. The molecule has 0 saturated carbocycles. The van der Waals surface area contributed by atoms with Crippen LogP contribution in [0.25, 0.3) is 0 Å². The van der Waals surface area contributed by atoms with Gasteiger partial charge in [-0.2, -0.15) is 0 Å². The lowest BCUT2D eigenvalue weighted by Crippen LogP contribution is -2.37. The van der Waals surface area contributed by atoms with Gasteiger partial charge in [0.05, 0.1) is 6.54 Å². The van der Waals surface area contributed by atoms with Crippen molar-refractivity contribution in [3.8, 4) is 0 Å². The smallest absolute Gasteiger partial charge is 0.225 e. The lowest BCUT2D eigenvalue weighted by molar-refractivity contribution is -0.116. The van der Waals surface area contributed by atoms with E-state index in [2.05, 4.69) is 27.0 Å². The molecule has 1 amide bonds. The molecular formula is C15H22N4O. The maximum atomic E-state index is 11.7. The van der Waals surface area contributed by atoms with Crippen molar-refractivity contribution in [3.63, 3.8) is 0 Å². The predicted octanol–water partition coefficient (Wildman–Crippen LogP) is 1.69. The lowest BCUT2D eigenvalue weighted by Gasteiger charge is -2.24. The highest BCUT2D eigenvalue weighted by Crippen LogP contribution is 2.31. The number of hydrogen-bond donors (Lipinski definition) is 3. The van der Waals surface area contributed by atoms with Crippen LogP contribution < -0.4 is 16.0 Å². The van der Waals surface area contributed by atoms with Crippen LogP contribution in [0.1, 0.15) is 31.7 Å². The van der Waals surface area contributed by atoms with E-state index in [-0.39, 0.29) is 11.8 Å². The van der Waals surface area contributed by atoms with Gasteiger partial charge in [0, 0.05) is 31.1 Å². The normalized spacial score (nSPS) is 16.9. The summed E-state index contributed by atoms with van der Waals surface area (Å²) in [6.07, 6.45) is 0.492. The molecule has 0 saturated heterocycles. The monoisotopic (exact) mass is 274 g/mol. The first-order valence-electron chi connectivity index (χ1n) is 7.15. The van der Waals surface area contributed by atoms with Crippen LogP contribution >= 0.6 is 0 Å². The zero-order valence-electron chi connectivity index (χ0n) is 12.1. The number of para-hydroxylation sites is 1. The number of anilines is 1. The van der Waals surface area contributed by atoms with E-state index in [4.69, 9.17) is 0 Å². The number of hydrogen-bond acceptors (Lipinski definition) is 2. The average Bonchev–Trinajstić information content (AvgIpc) is 2.44. The van der Waals surface area contributed by atoms with Gasteiger partial charge in [-0.3, -0.25) is 9.79 Å². The summed E-state index contributed by atoms with van der Waals surface area (Å²) in [5, 5.41) is 9.30. The third kappa shape index (κ3) is 3.50. The molecule has 1 aromatic rings. The maximum Gasteiger partial charge on any atom is 0.225 e. The second kappa shape index (κ2) is 6.93. The van der Waals surface area contributed by atoms with Crippen LogP contribution in [0.3, 0.4) is 0 Å². The van der Waals surface area contributed by atoms with Gasteiger partial charge in [0.15, 0.2) is 5.96 Å². The standard InChI is InChI=1S/C15H22N4O/c1-3-16-15(17-4-2)18-10-11-9-14(20)19-13-8-6-5-7-12(11)13/h5-8,11H,3-4,9-10H2,1-2H3,(H,19,20)(H2,16,17,18). The van der Waals surface area contributed by atoms with Gasteiger partial charge in [-0.25, -0.2) is 0 Å². The number of aliphatic imine (C=N–C) groups is 1. The highest BCUT2D eigenvalue weighted by molar-refractivity contribution is 5.94. The van der Waals surface area contributed by atoms with Gasteiger partial charge in [0.2, 0.25) is 5.91 Å². The fourth-order valence-electron chi connectivity index (χ4n) is 2.38. The van der Waals surface area contributed by atoms with Gasteiger partial charge in [-0.15, -0.1) is 0 Å². The topological polar surface area (TPSA) is 65.5 Å². The highest BCUT2D eigenvalue weighted by atomic mass is 16.1. The van der Waals surface area contributed by atoms with Crippen molar-refractivity contribution in [2.24, 2.45) is 4.99 Å². The molecule has 1 aliphatic rings. The molecule has 108 valence electrons. The van der Waals surface area contributed by atoms with Crippen molar-refractivity contribution in [1.29, 1.82) is 0 Å². The fourth-order valence-corrected chi connectivity index (χ4v) is 2.38. The SMILES string of the molecule is CCNC(=NCC1CC(=O)Nc2ccccc21)NCC. The number of nitrogens with zero attached hydrogens (tertiary/aromatic N) is 1. The molecule has 0 spiro atoms. The highest BCUT2D eigenvalue weighted by Gasteiger charge is 2.24. The molecule has 1 unspecified atom stereocenters. The third-order valence-corrected chi connectivity index (χ3v) is 3.26. The first-order chi connectivity index (χ1) is 9.74. The van der Waals surface area contributed by atoms with E-state index in [1.807, 2.05) is 32.0 Å². The Morgan fingerprint density at radius 1 is 1.30 bits per heavy atom. The predicted molar refractivity (Wildman–Crippen MR) is 82.1 cm³/mol. The number of guanidine groups is 1. The maximum absolute atomic E-state index is 11.7. The first-order valence-corrected chi connectivity index (χ1v) is 7.15. The summed E-state index contributed by atoms with van der Waals surface area (Å²) in [5.74, 6) is 1.02. The molecule has 0 radical (unpaired) electrons. The summed E-state index contributed by atoms with van der Waals surface area (Å²) in [5.41, 5.74) is 2.08. The number of benzene rings is 1. The lowest BCUT2D eigenvalue weighted by atomic mass is 9.91. The van der Waals surface area contributed by atoms with E-state index in [9.17, 15) is 4.79 Å². The fraction of sp³-hybridized carbons (Fsp3) is 0.467. The van der Waals surface area contributed by atoms with E-state index in [1.54, 1.807) is 0 Å². The Labute approximate surface area is 119 Å². The number of carbonyl (C=O) groups excluding carboxylic acids is 1. The number of nitrogens with one attached hydrogen (secondary N) is 3. The zero-order valence-corrected chi connectivity index (χ0v) is 12.1. The molecule has 0 aliphatic carbocycles. The van der Waals surface area contributed by atoms with Gasteiger partial charge in [-0.1, -0.05) is 18.2 Å². The largest absolute Gasteiger partial charge is 0.357 e. The third-order valence-electron chi connectivity index (χ3n) is 3.26. The molecule has 3 N–H and O–H groups in total. The van der Waals surface area contributed by atoms with E-state index in [1.165, 1.54) is 5.56 Å². The summed E-state index contributed by atoms with van der Waals surface area (Å²) in [6, 6.07) is 7.95. The van der Waals surface area contributed by atoms with Crippen LogP contribution in [-0.4, -0.2) is 31.5 Å². The minimum atomic E-state index is 0.0670. The van der Waals surface area contributed by atoms with Gasteiger partial charge in [0.1, 0.15) is 0 Å². The van der Waals surface area contributed by atoms with Crippen LogP contribution in [0.15, 0.2) is 29.3 Å². The number of rotatable bonds is 4. The number of amides is 1. The summed E-state index contributed by atoms with van der Waals surface area (Å²) in [7, 11) is 0. The van der Waals surface area contributed by atoms with E-state index >= 15 is 0 Å². The van der Waals surface area contributed by atoms with Crippen LogP contribution in [0.2, 0.25) is 0 Å². The quantitative estimate of drug-likeness (QED) is 0.578. The van der Waals surface area contributed by atoms with E-state index in [0.29, 0.717) is 13.0 Å². The van der Waals surface area contributed by atoms with Crippen LogP contribution in [-0.2, 0) is 4.79 Å². The van der Waals surface area contributed by atoms with Crippen molar-refractivity contribution in [2.45, 2.75) is 26.2 Å². The Morgan fingerprint density at radius 3 is 2.70 bits per heavy atom. The summed E-state index contributed by atoms with van der Waals surface area (Å²) in [4.78, 5) is 16.3. The molecule has 1 aliphatic heterocycles. The van der Waals surface area contributed by atoms with Crippen LogP contribution in [0, 0.1) is 0 Å². The summed E-state index contributed by atoms with van der Waals surface area (Å²) >= 11 is 0. The van der Waals surface area contributed by atoms with Crippen molar-refractivity contribution in [2.75, 3.05) is 25.0 Å². The first kappa shape index (κ1) is 14.4. The molecular weight excluding hydrogens is 252 g/mol. The number of fused-ring (bicyclic) bond motifs is 1. The molecule has 1 heterocycles. The molecule has 0 bridgehead atoms. The van der Waals surface area contributed by atoms with Gasteiger partial charge >= 0.3 is 0 Å². The Kier molecular flexibility index (Phi) is 4.98. The molecule has 20 heavy (non-hydrogen) atoms. The second-order valence-corrected chi connectivity index (χ2v) is 4.79. The Morgan fingerprint density at radius 2 is 2.00 bits per heavy atom. The zero-order chi connectivity index (χ0) is 14.4. The van der Waals surface area contributed by atoms with Gasteiger partial charge in [-0.05, 0) is 25.5 Å². The Hall–Kier alpha value is -2.04. The van der Waals surface area contributed by atoms with Crippen LogP contribution in [0.5, 0.6) is 0 Å². The Balaban J connectivity index is 2.12. The number of carbonyl (C=O) groups is 1. The minimum Gasteiger partial charge on any atom is -0.357 e. The molecule has 0 aromatic heterocycles. The summed E-state index contributed by atoms with van der Waals surface area (Å²) < 4.78 is 0. The van der Waals surface area contributed by atoms with Crippen molar-refractivity contribution >= 4 is 17.6 Å². The minimum absolute atomic E-state index is 0.0670. The summed E-state index contributed by atoms with van der Waals surface area (Å²) in [6.45, 7) is 6.34. The molecule has 0 fully saturated rings. The Bertz CT molecular complexity index is 490. The molecule has 5 heteroatoms. The van der Waals surface area contributed by atoms with E-state index < -0.39 is 0 Å². The second-order valence-electron chi connectivity index (χ2n) is 4.79. The van der Waals surface area contributed by atoms with Crippen LogP contribution in [0.4, 0.5) is 5.69 Å². The molecule has 2 rings (SSSR count). The average molecular weight is 274 g/mol. The molecule has 1 aromatic carbocycles. The van der Waals surface area contributed by atoms with Crippen molar-refractivity contribution in [3.05, 3.63) is 29.8 Å². The van der Waals surface area contributed by atoms with Gasteiger partial charge < -0.3 is 16.0 Å².